The fourth-order valence-electron chi connectivity index (χ4n) is 1.47. The predicted octanol–water partition coefficient (Wildman–Crippen LogP) is 3.24. The Labute approximate surface area is 109 Å². The second kappa shape index (κ2) is 7.43. The first-order valence-electron chi connectivity index (χ1n) is 6.13. The van der Waals surface area contributed by atoms with Crippen LogP contribution in [0, 0.1) is 5.92 Å². The molecule has 0 aliphatic rings. The molecular formula is C15H20N2O. The van der Waals surface area contributed by atoms with Crippen LogP contribution in [0.2, 0.25) is 0 Å². The first-order chi connectivity index (χ1) is 8.58. The molecule has 0 fully saturated rings. The van der Waals surface area contributed by atoms with E-state index >= 15 is 0 Å². The van der Waals surface area contributed by atoms with Crippen molar-refractivity contribution >= 4 is 18.2 Å². The number of carbonyl (C=O) groups excluding carboxylic acids is 1. The molecule has 3 nitrogen and oxygen atoms in total. The minimum atomic E-state index is -0.0474. The Kier molecular flexibility index (Phi) is 5.85. The molecule has 0 radical (unpaired) electrons. The fourth-order valence-corrected chi connectivity index (χ4v) is 1.47. The van der Waals surface area contributed by atoms with Gasteiger partial charge in [0.25, 0.3) is 0 Å². The van der Waals surface area contributed by atoms with E-state index in [1.54, 1.807) is 6.21 Å². The number of rotatable bonds is 5. The van der Waals surface area contributed by atoms with Crippen molar-refractivity contribution in [3.8, 4) is 0 Å². The van der Waals surface area contributed by atoms with Crippen LogP contribution < -0.4 is 5.43 Å². The quantitative estimate of drug-likeness (QED) is 0.627. The summed E-state index contributed by atoms with van der Waals surface area (Å²) >= 11 is 0. The van der Waals surface area contributed by atoms with Crippen LogP contribution in [0.3, 0.4) is 0 Å². The summed E-state index contributed by atoms with van der Waals surface area (Å²) in [4.78, 5) is 11.3. The van der Waals surface area contributed by atoms with E-state index in [0.717, 1.165) is 11.1 Å². The van der Waals surface area contributed by atoms with Crippen LogP contribution in [0.15, 0.2) is 41.0 Å². The van der Waals surface area contributed by atoms with Crippen molar-refractivity contribution < 1.29 is 4.79 Å². The Hall–Kier alpha value is -1.90. The van der Waals surface area contributed by atoms with Gasteiger partial charge in [0.05, 0.1) is 6.21 Å². The van der Waals surface area contributed by atoms with Crippen LogP contribution in [0.25, 0.3) is 6.08 Å². The van der Waals surface area contributed by atoms with Crippen LogP contribution in [0.5, 0.6) is 0 Å². The van der Waals surface area contributed by atoms with Crippen molar-refractivity contribution in [1.82, 2.24) is 5.43 Å². The second-order valence-electron chi connectivity index (χ2n) is 4.69. The molecular weight excluding hydrogens is 224 g/mol. The number of hydrogen-bond acceptors (Lipinski definition) is 2. The van der Waals surface area contributed by atoms with Gasteiger partial charge in [-0.1, -0.05) is 50.3 Å². The lowest BCUT2D eigenvalue weighted by molar-refractivity contribution is -0.121. The molecule has 0 unspecified atom stereocenters. The monoisotopic (exact) mass is 244 g/mol. The summed E-state index contributed by atoms with van der Waals surface area (Å²) in [6, 6.07) is 10.00. The van der Waals surface area contributed by atoms with Gasteiger partial charge in [-0.3, -0.25) is 4.79 Å². The Morgan fingerprint density at radius 3 is 2.61 bits per heavy atom. The lowest BCUT2D eigenvalue weighted by atomic mass is 10.1. The van der Waals surface area contributed by atoms with Crippen LogP contribution in [-0.4, -0.2) is 12.1 Å². The van der Waals surface area contributed by atoms with Crippen LogP contribution in [0.4, 0.5) is 0 Å². The number of benzene rings is 1. The molecule has 0 spiro atoms. The number of allylic oxidation sites excluding steroid dienone is 1. The Morgan fingerprint density at radius 1 is 1.33 bits per heavy atom. The maximum atomic E-state index is 11.3. The van der Waals surface area contributed by atoms with Gasteiger partial charge in [-0.15, -0.1) is 0 Å². The largest absolute Gasteiger partial charge is 0.273 e. The molecule has 0 aliphatic heterocycles. The van der Waals surface area contributed by atoms with E-state index in [9.17, 15) is 4.79 Å². The van der Waals surface area contributed by atoms with Gasteiger partial charge in [-0.25, -0.2) is 5.43 Å². The summed E-state index contributed by atoms with van der Waals surface area (Å²) < 4.78 is 0. The van der Waals surface area contributed by atoms with Gasteiger partial charge in [-0.05, 0) is 24.0 Å². The Morgan fingerprint density at radius 2 is 2.00 bits per heavy atom. The van der Waals surface area contributed by atoms with Crippen molar-refractivity contribution in [2.45, 2.75) is 27.2 Å². The summed E-state index contributed by atoms with van der Waals surface area (Å²) in [7, 11) is 0. The molecule has 1 amide bonds. The number of nitrogens with zero attached hydrogens (tertiary/aromatic N) is 1. The molecule has 0 heterocycles. The normalized spacial score (nSPS) is 12.1. The summed E-state index contributed by atoms with van der Waals surface area (Å²) in [5, 5.41) is 3.93. The zero-order valence-electron chi connectivity index (χ0n) is 11.2. The molecule has 0 aliphatic carbocycles. The third-order valence-electron chi connectivity index (χ3n) is 2.24. The first-order valence-corrected chi connectivity index (χ1v) is 6.13. The molecule has 1 aromatic carbocycles. The van der Waals surface area contributed by atoms with Gasteiger partial charge in [0, 0.05) is 6.42 Å². The molecule has 0 bridgehead atoms. The third kappa shape index (κ3) is 5.99. The maximum absolute atomic E-state index is 11.3. The molecule has 1 N–H and O–H groups in total. The van der Waals surface area contributed by atoms with E-state index in [1.165, 1.54) is 0 Å². The summed E-state index contributed by atoms with van der Waals surface area (Å²) in [5.74, 6) is 0.301. The van der Waals surface area contributed by atoms with E-state index in [1.807, 2.05) is 57.2 Å². The average molecular weight is 244 g/mol. The zero-order valence-corrected chi connectivity index (χ0v) is 11.2. The highest BCUT2D eigenvalue weighted by Crippen LogP contribution is 2.04. The minimum Gasteiger partial charge on any atom is -0.273 e. The van der Waals surface area contributed by atoms with Gasteiger partial charge in [0.2, 0.25) is 5.91 Å². The Balaban J connectivity index is 2.47. The van der Waals surface area contributed by atoms with Crippen molar-refractivity contribution in [3.05, 3.63) is 41.5 Å². The molecule has 0 saturated heterocycles. The van der Waals surface area contributed by atoms with Crippen molar-refractivity contribution in [2.75, 3.05) is 0 Å². The van der Waals surface area contributed by atoms with E-state index in [0.29, 0.717) is 12.3 Å². The topological polar surface area (TPSA) is 41.5 Å². The number of carbonyl (C=O) groups is 1. The van der Waals surface area contributed by atoms with Gasteiger partial charge >= 0.3 is 0 Å². The predicted molar refractivity (Wildman–Crippen MR) is 76.2 cm³/mol. The number of nitrogens with one attached hydrogen (secondary N) is 1. The number of amides is 1. The van der Waals surface area contributed by atoms with E-state index in [2.05, 4.69) is 10.5 Å². The highest BCUT2D eigenvalue weighted by molar-refractivity contribution is 5.86. The third-order valence-corrected chi connectivity index (χ3v) is 2.24. The van der Waals surface area contributed by atoms with Crippen LogP contribution in [0.1, 0.15) is 32.8 Å². The van der Waals surface area contributed by atoms with Crippen LogP contribution in [-0.2, 0) is 4.79 Å². The maximum Gasteiger partial charge on any atom is 0.240 e. The van der Waals surface area contributed by atoms with E-state index < -0.39 is 0 Å². The molecule has 1 rings (SSSR count). The van der Waals surface area contributed by atoms with Gasteiger partial charge in [0.15, 0.2) is 0 Å². The SMILES string of the molecule is CC(/C=N/NC(=O)CC(C)C)=C\c1ccccc1. The van der Waals surface area contributed by atoms with E-state index in [-0.39, 0.29) is 5.91 Å². The lowest BCUT2D eigenvalue weighted by Crippen LogP contribution is -2.19. The zero-order chi connectivity index (χ0) is 13.4. The minimum absolute atomic E-state index is 0.0474. The molecule has 96 valence electrons. The molecule has 0 atom stereocenters. The number of hydrazone groups is 1. The van der Waals surface area contributed by atoms with Crippen molar-refractivity contribution in [1.29, 1.82) is 0 Å². The smallest absolute Gasteiger partial charge is 0.240 e. The second-order valence-corrected chi connectivity index (χ2v) is 4.69. The molecule has 0 saturated carbocycles. The average Bonchev–Trinajstić information content (AvgIpc) is 2.29. The first kappa shape index (κ1) is 14.2. The number of hydrogen-bond donors (Lipinski definition) is 1. The molecule has 18 heavy (non-hydrogen) atoms. The van der Waals surface area contributed by atoms with E-state index in [4.69, 9.17) is 0 Å². The Bertz CT molecular complexity index is 433. The van der Waals surface area contributed by atoms with Gasteiger partial charge in [0.1, 0.15) is 0 Å². The highest BCUT2D eigenvalue weighted by Gasteiger charge is 2.01. The van der Waals surface area contributed by atoms with Gasteiger partial charge < -0.3 is 0 Å². The summed E-state index contributed by atoms with van der Waals surface area (Å²) in [6.45, 7) is 5.96. The summed E-state index contributed by atoms with van der Waals surface area (Å²) in [6.07, 6.45) is 4.17. The fraction of sp³-hybridized carbons (Fsp3) is 0.333. The molecule has 0 aromatic heterocycles. The van der Waals surface area contributed by atoms with Gasteiger partial charge in [-0.2, -0.15) is 5.10 Å². The van der Waals surface area contributed by atoms with Crippen LogP contribution >= 0.6 is 0 Å². The molecule has 1 aromatic rings. The van der Waals surface area contributed by atoms with Crippen molar-refractivity contribution in [3.63, 3.8) is 0 Å². The summed E-state index contributed by atoms with van der Waals surface area (Å²) in [5.41, 5.74) is 4.63. The highest BCUT2D eigenvalue weighted by atomic mass is 16.2. The molecule has 3 heteroatoms. The standard InChI is InChI=1S/C15H20N2O/c1-12(2)9-15(18)17-16-11-13(3)10-14-7-5-4-6-8-14/h4-8,10-12H,9H2,1-3H3,(H,17,18)/b13-10+,16-11+. The lowest BCUT2D eigenvalue weighted by Gasteiger charge is -2.01. The van der Waals surface area contributed by atoms with Crippen molar-refractivity contribution in [2.24, 2.45) is 11.0 Å².